The van der Waals surface area contributed by atoms with Crippen LogP contribution >= 0.6 is 0 Å². The first-order valence-corrected chi connectivity index (χ1v) is 7.26. The summed E-state index contributed by atoms with van der Waals surface area (Å²) in [4.78, 5) is 15.3. The second-order valence-electron chi connectivity index (χ2n) is 5.02. The van der Waals surface area contributed by atoms with Crippen LogP contribution in [0.1, 0.15) is 30.9 Å². The van der Waals surface area contributed by atoms with Crippen LogP contribution in [0, 0.1) is 0 Å². The molecular formula is C15H20N4O2. The highest BCUT2D eigenvalue weighted by Gasteiger charge is 2.44. The molecule has 1 N–H and O–H groups in total. The number of ether oxygens (including phenoxy) is 1. The fourth-order valence-corrected chi connectivity index (χ4v) is 2.92. The van der Waals surface area contributed by atoms with Crippen molar-refractivity contribution in [2.45, 2.75) is 31.7 Å². The fraction of sp³-hybridized carbons (Fsp3) is 0.533. The normalized spacial score (nSPS) is 20.2. The number of azide groups is 1. The van der Waals surface area contributed by atoms with Gasteiger partial charge in [-0.05, 0) is 42.8 Å². The number of hydrogen-bond donors (Lipinski definition) is 1. The Morgan fingerprint density at radius 2 is 2.33 bits per heavy atom. The quantitative estimate of drug-likeness (QED) is 0.287. The Bertz CT molecular complexity index is 554. The molecule has 0 heterocycles. The van der Waals surface area contributed by atoms with E-state index in [2.05, 4.69) is 21.4 Å². The Balaban J connectivity index is 2.32. The first-order chi connectivity index (χ1) is 10.2. The lowest BCUT2D eigenvalue weighted by Crippen LogP contribution is -2.52. The molecule has 0 bridgehead atoms. The first-order valence-electron chi connectivity index (χ1n) is 7.26. The van der Waals surface area contributed by atoms with Crippen LogP contribution in [0.25, 0.3) is 10.4 Å². The maximum Gasteiger partial charge on any atom is 0.330 e. The highest BCUT2D eigenvalue weighted by atomic mass is 16.5. The summed E-state index contributed by atoms with van der Waals surface area (Å²) in [6.45, 7) is 2.90. The van der Waals surface area contributed by atoms with Crippen molar-refractivity contribution in [3.05, 3.63) is 45.8 Å². The molecule has 0 amide bonds. The number of benzene rings is 1. The Kier molecular flexibility index (Phi) is 5.20. The summed E-state index contributed by atoms with van der Waals surface area (Å²) in [5.41, 5.74) is 9.69. The number of esters is 1. The maximum atomic E-state index is 12.6. The van der Waals surface area contributed by atoms with E-state index in [1.807, 2.05) is 18.2 Å². The van der Waals surface area contributed by atoms with Crippen LogP contribution in [0.4, 0.5) is 0 Å². The molecule has 0 aromatic heterocycles. The Labute approximate surface area is 124 Å². The van der Waals surface area contributed by atoms with Crippen molar-refractivity contribution in [2.24, 2.45) is 5.11 Å². The third-order valence-corrected chi connectivity index (χ3v) is 3.80. The number of nitrogens with one attached hydrogen (secondary N) is 1. The molecule has 0 radical (unpaired) electrons. The number of carbonyl (C=O) groups excluding carboxylic acids is 1. The van der Waals surface area contributed by atoms with Gasteiger partial charge in [0.05, 0.1) is 6.61 Å². The minimum atomic E-state index is -0.824. The zero-order valence-corrected chi connectivity index (χ0v) is 12.2. The van der Waals surface area contributed by atoms with E-state index < -0.39 is 5.54 Å². The number of rotatable bonds is 6. The van der Waals surface area contributed by atoms with E-state index in [-0.39, 0.29) is 5.97 Å². The molecule has 1 unspecified atom stereocenters. The second-order valence-corrected chi connectivity index (χ2v) is 5.02. The van der Waals surface area contributed by atoms with E-state index >= 15 is 0 Å². The standard InChI is InChI=1S/C15H20N4O2/c1-2-21-14(20)15(17-10-11-18-19-16)9-5-7-12-6-3-4-8-13(12)15/h3-4,6,8,17H,2,5,7,9-11H2,1H3. The van der Waals surface area contributed by atoms with E-state index in [9.17, 15) is 4.79 Å². The molecule has 6 heteroatoms. The van der Waals surface area contributed by atoms with Crippen molar-refractivity contribution < 1.29 is 9.53 Å². The van der Waals surface area contributed by atoms with Crippen LogP contribution < -0.4 is 5.32 Å². The monoisotopic (exact) mass is 288 g/mol. The lowest BCUT2D eigenvalue weighted by Gasteiger charge is -2.37. The first kappa shape index (κ1) is 15.4. The molecule has 112 valence electrons. The molecule has 1 aliphatic carbocycles. The zero-order valence-electron chi connectivity index (χ0n) is 12.2. The fourth-order valence-electron chi connectivity index (χ4n) is 2.92. The summed E-state index contributed by atoms with van der Waals surface area (Å²) in [7, 11) is 0. The van der Waals surface area contributed by atoms with Gasteiger partial charge in [-0.25, -0.2) is 4.79 Å². The van der Waals surface area contributed by atoms with Crippen LogP contribution in [0.5, 0.6) is 0 Å². The zero-order chi connectivity index (χ0) is 15.1. The van der Waals surface area contributed by atoms with E-state index in [0.717, 1.165) is 18.4 Å². The number of hydrogen-bond acceptors (Lipinski definition) is 4. The van der Waals surface area contributed by atoms with Gasteiger partial charge in [0.1, 0.15) is 5.54 Å². The van der Waals surface area contributed by atoms with Gasteiger partial charge in [0, 0.05) is 18.0 Å². The van der Waals surface area contributed by atoms with Gasteiger partial charge in [-0.2, -0.15) is 0 Å². The van der Waals surface area contributed by atoms with Gasteiger partial charge in [-0.3, -0.25) is 5.32 Å². The molecular weight excluding hydrogens is 268 g/mol. The Morgan fingerprint density at radius 1 is 1.52 bits per heavy atom. The summed E-state index contributed by atoms with van der Waals surface area (Å²) in [5, 5.41) is 6.79. The molecule has 6 nitrogen and oxygen atoms in total. The van der Waals surface area contributed by atoms with Crippen LogP contribution in [-0.2, 0) is 21.5 Å². The Hall–Kier alpha value is -2.04. The van der Waals surface area contributed by atoms with E-state index in [4.69, 9.17) is 10.3 Å². The molecule has 0 saturated carbocycles. The van der Waals surface area contributed by atoms with Crippen molar-refractivity contribution in [3.63, 3.8) is 0 Å². The number of carbonyl (C=O) groups is 1. The molecule has 1 aromatic carbocycles. The molecule has 0 spiro atoms. The minimum Gasteiger partial charge on any atom is -0.464 e. The van der Waals surface area contributed by atoms with E-state index in [1.54, 1.807) is 6.92 Å². The summed E-state index contributed by atoms with van der Waals surface area (Å²) >= 11 is 0. The second kappa shape index (κ2) is 7.11. The van der Waals surface area contributed by atoms with Gasteiger partial charge in [0.15, 0.2) is 0 Å². The molecule has 1 aliphatic rings. The lowest BCUT2D eigenvalue weighted by molar-refractivity contribution is -0.152. The Morgan fingerprint density at radius 3 is 3.10 bits per heavy atom. The highest BCUT2D eigenvalue weighted by molar-refractivity contribution is 5.83. The summed E-state index contributed by atoms with van der Waals surface area (Å²) in [6, 6.07) is 7.96. The van der Waals surface area contributed by atoms with Gasteiger partial charge < -0.3 is 4.74 Å². The number of aryl methyl sites for hydroxylation is 1. The predicted octanol–water partition coefficient (Wildman–Crippen LogP) is 2.68. The third-order valence-electron chi connectivity index (χ3n) is 3.80. The topological polar surface area (TPSA) is 87.1 Å². The van der Waals surface area contributed by atoms with E-state index in [0.29, 0.717) is 26.1 Å². The van der Waals surface area contributed by atoms with Gasteiger partial charge in [-0.1, -0.05) is 29.4 Å². The van der Waals surface area contributed by atoms with Crippen LogP contribution in [0.3, 0.4) is 0 Å². The van der Waals surface area contributed by atoms with Crippen LogP contribution in [0.15, 0.2) is 29.4 Å². The maximum absolute atomic E-state index is 12.6. The number of fused-ring (bicyclic) bond motifs is 1. The van der Waals surface area contributed by atoms with Gasteiger partial charge >= 0.3 is 5.97 Å². The molecule has 0 fully saturated rings. The average Bonchev–Trinajstić information content (AvgIpc) is 2.52. The van der Waals surface area contributed by atoms with Crippen molar-refractivity contribution in [2.75, 3.05) is 19.7 Å². The molecule has 2 rings (SSSR count). The number of nitrogens with zero attached hydrogens (tertiary/aromatic N) is 3. The van der Waals surface area contributed by atoms with Crippen molar-refractivity contribution in [3.8, 4) is 0 Å². The SMILES string of the molecule is CCOC(=O)C1(NCCN=[N+]=[N-])CCCc2ccccc21. The van der Waals surface area contributed by atoms with E-state index in [1.165, 1.54) is 5.56 Å². The molecule has 1 aromatic rings. The molecule has 21 heavy (non-hydrogen) atoms. The van der Waals surface area contributed by atoms with Crippen LogP contribution in [-0.4, -0.2) is 25.7 Å². The van der Waals surface area contributed by atoms with Gasteiger partial charge in [-0.15, -0.1) is 0 Å². The highest BCUT2D eigenvalue weighted by Crippen LogP contribution is 2.36. The largest absolute Gasteiger partial charge is 0.464 e. The molecule has 0 saturated heterocycles. The lowest BCUT2D eigenvalue weighted by atomic mass is 9.76. The van der Waals surface area contributed by atoms with Gasteiger partial charge in [0.2, 0.25) is 0 Å². The molecule has 1 atom stereocenters. The summed E-state index contributed by atoms with van der Waals surface area (Å²) in [5.74, 6) is -0.252. The van der Waals surface area contributed by atoms with Crippen molar-refractivity contribution >= 4 is 5.97 Å². The van der Waals surface area contributed by atoms with Crippen LogP contribution in [0.2, 0.25) is 0 Å². The minimum absolute atomic E-state index is 0.252. The average molecular weight is 288 g/mol. The van der Waals surface area contributed by atoms with Crippen molar-refractivity contribution in [1.29, 1.82) is 0 Å². The van der Waals surface area contributed by atoms with Gasteiger partial charge in [0.25, 0.3) is 0 Å². The summed E-state index contributed by atoms with van der Waals surface area (Å²) in [6.07, 6.45) is 2.58. The predicted molar refractivity (Wildman–Crippen MR) is 79.7 cm³/mol. The molecule has 0 aliphatic heterocycles. The smallest absolute Gasteiger partial charge is 0.330 e. The summed E-state index contributed by atoms with van der Waals surface area (Å²) < 4.78 is 5.29. The van der Waals surface area contributed by atoms with Crippen molar-refractivity contribution in [1.82, 2.24) is 5.32 Å². The third kappa shape index (κ3) is 3.17.